The third-order valence-corrected chi connectivity index (χ3v) is 2.67. The highest BCUT2D eigenvalue weighted by atomic mass is 19.4. The second-order valence-corrected chi connectivity index (χ2v) is 4.24. The molecule has 2 aromatic rings. The van der Waals surface area contributed by atoms with Gasteiger partial charge in [0.05, 0.1) is 0 Å². The van der Waals surface area contributed by atoms with Crippen LogP contribution >= 0.6 is 0 Å². The standard InChI is InChI=1S/C12H11F3N4O2/c1-19-9(17-10(18-19)12(13,14)15)8-4-2-7(3-5-8)6-16-11(20)21/h2-5,16H,6H2,1H3,(H,20,21). The van der Waals surface area contributed by atoms with Gasteiger partial charge in [0.25, 0.3) is 5.82 Å². The van der Waals surface area contributed by atoms with Crippen molar-refractivity contribution in [3.63, 3.8) is 0 Å². The van der Waals surface area contributed by atoms with Crippen LogP contribution in [0.5, 0.6) is 0 Å². The van der Waals surface area contributed by atoms with Gasteiger partial charge in [-0.2, -0.15) is 13.2 Å². The number of carbonyl (C=O) groups is 1. The summed E-state index contributed by atoms with van der Waals surface area (Å²) in [6.45, 7) is 0.113. The zero-order chi connectivity index (χ0) is 15.6. The van der Waals surface area contributed by atoms with E-state index >= 15 is 0 Å². The van der Waals surface area contributed by atoms with Crippen molar-refractivity contribution in [1.29, 1.82) is 0 Å². The van der Waals surface area contributed by atoms with Crippen LogP contribution in [0.1, 0.15) is 11.4 Å². The van der Waals surface area contributed by atoms with Gasteiger partial charge in [0.15, 0.2) is 5.82 Å². The van der Waals surface area contributed by atoms with Gasteiger partial charge < -0.3 is 10.4 Å². The molecule has 0 aliphatic heterocycles. The molecular formula is C12H11F3N4O2. The van der Waals surface area contributed by atoms with E-state index in [9.17, 15) is 18.0 Å². The largest absolute Gasteiger partial charge is 0.465 e. The number of hydrogen-bond acceptors (Lipinski definition) is 3. The summed E-state index contributed by atoms with van der Waals surface area (Å²) in [6, 6.07) is 6.33. The number of aryl methyl sites for hydroxylation is 1. The van der Waals surface area contributed by atoms with E-state index in [2.05, 4.69) is 15.4 Å². The van der Waals surface area contributed by atoms with E-state index < -0.39 is 18.1 Å². The minimum Gasteiger partial charge on any atom is -0.465 e. The number of hydrogen-bond donors (Lipinski definition) is 2. The number of benzene rings is 1. The number of aromatic nitrogens is 3. The van der Waals surface area contributed by atoms with Gasteiger partial charge in [0.1, 0.15) is 0 Å². The Balaban J connectivity index is 2.23. The lowest BCUT2D eigenvalue weighted by Crippen LogP contribution is -2.19. The van der Waals surface area contributed by atoms with Crippen molar-refractivity contribution in [2.45, 2.75) is 12.7 Å². The Morgan fingerprint density at radius 2 is 1.95 bits per heavy atom. The van der Waals surface area contributed by atoms with Crippen molar-refractivity contribution in [2.75, 3.05) is 0 Å². The van der Waals surface area contributed by atoms with Gasteiger partial charge in [0.2, 0.25) is 0 Å². The lowest BCUT2D eigenvalue weighted by molar-refractivity contribution is -0.144. The Kier molecular flexibility index (Phi) is 3.83. The van der Waals surface area contributed by atoms with Gasteiger partial charge in [0, 0.05) is 19.2 Å². The van der Waals surface area contributed by atoms with Crippen LogP contribution in [-0.2, 0) is 19.8 Å². The number of rotatable bonds is 3. The summed E-state index contributed by atoms with van der Waals surface area (Å²) >= 11 is 0. The summed E-state index contributed by atoms with van der Waals surface area (Å²) in [5, 5.41) is 14.0. The molecule has 112 valence electrons. The molecule has 1 aromatic heterocycles. The molecule has 1 amide bonds. The Labute approximate surface area is 117 Å². The average Bonchev–Trinajstić information content (AvgIpc) is 2.79. The van der Waals surface area contributed by atoms with Crippen LogP contribution in [0.25, 0.3) is 11.4 Å². The van der Waals surface area contributed by atoms with Crippen LogP contribution in [0, 0.1) is 0 Å². The SMILES string of the molecule is Cn1nc(C(F)(F)F)nc1-c1ccc(CNC(=O)O)cc1. The van der Waals surface area contributed by atoms with Gasteiger partial charge in [-0.05, 0) is 5.56 Å². The van der Waals surface area contributed by atoms with Crippen molar-refractivity contribution in [2.24, 2.45) is 7.05 Å². The molecule has 0 atom stereocenters. The molecule has 6 nitrogen and oxygen atoms in total. The molecular weight excluding hydrogens is 289 g/mol. The first-order valence-corrected chi connectivity index (χ1v) is 5.81. The van der Waals surface area contributed by atoms with Crippen molar-refractivity contribution in [1.82, 2.24) is 20.1 Å². The van der Waals surface area contributed by atoms with Crippen LogP contribution in [0.3, 0.4) is 0 Å². The third kappa shape index (κ3) is 3.50. The summed E-state index contributed by atoms with van der Waals surface area (Å²) < 4.78 is 38.7. The number of halogens is 3. The van der Waals surface area contributed by atoms with Crippen LogP contribution in [0.2, 0.25) is 0 Å². The highest BCUT2D eigenvalue weighted by Gasteiger charge is 2.36. The van der Waals surface area contributed by atoms with Crippen molar-refractivity contribution in [3.8, 4) is 11.4 Å². The van der Waals surface area contributed by atoms with Crippen LogP contribution in [0.15, 0.2) is 24.3 Å². The molecule has 0 fully saturated rings. The molecule has 2 rings (SSSR count). The third-order valence-electron chi connectivity index (χ3n) is 2.67. The number of alkyl halides is 3. The molecule has 1 aromatic carbocycles. The molecule has 0 saturated heterocycles. The van der Waals surface area contributed by atoms with Gasteiger partial charge in [-0.25, -0.2) is 14.5 Å². The van der Waals surface area contributed by atoms with Gasteiger partial charge in [-0.1, -0.05) is 24.3 Å². The lowest BCUT2D eigenvalue weighted by Gasteiger charge is -2.03. The Morgan fingerprint density at radius 1 is 1.33 bits per heavy atom. The fourth-order valence-electron chi connectivity index (χ4n) is 1.71. The normalized spacial score (nSPS) is 11.4. The molecule has 1 heterocycles. The minimum atomic E-state index is -4.60. The molecule has 21 heavy (non-hydrogen) atoms. The number of nitrogens with one attached hydrogen (secondary N) is 1. The molecule has 0 spiro atoms. The summed E-state index contributed by atoms with van der Waals surface area (Å²) in [7, 11) is 1.37. The second-order valence-electron chi connectivity index (χ2n) is 4.24. The van der Waals surface area contributed by atoms with Gasteiger partial charge in [-0.3, -0.25) is 0 Å². The highest BCUT2D eigenvalue weighted by molar-refractivity contribution is 5.64. The second kappa shape index (κ2) is 5.43. The summed E-state index contributed by atoms with van der Waals surface area (Å²) in [4.78, 5) is 13.8. The highest BCUT2D eigenvalue weighted by Crippen LogP contribution is 2.28. The zero-order valence-electron chi connectivity index (χ0n) is 10.8. The fourth-order valence-corrected chi connectivity index (χ4v) is 1.71. The topological polar surface area (TPSA) is 80.0 Å². The predicted molar refractivity (Wildman–Crippen MR) is 66.3 cm³/mol. The summed E-state index contributed by atoms with van der Waals surface area (Å²) in [5.41, 5.74) is 1.14. The van der Waals surface area contributed by atoms with E-state index in [1.165, 1.54) is 7.05 Å². The first-order valence-electron chi connectivity index (χ1n) is 5.81. The maximum absolute atomic E-state index is 12.5. The van der Waals surface area contributed by atoms with Crippen LogP contribution in [-0.4, -0.2) is 26.0 Å². The molecule has 9 heteroatoms. The van der Waals surface area contributed by atoms with Crippen molar-refractivity contribution < 1.29 is 23.1 Å². The average molecular weight is 300 g/mol. The first-order chi connectivity index (χ1) is 9.77. The van der Waals surface area contributed by atoms with E-state index in [-0.39, 0.29) is 12.4 Å². The fraction of sp³-hybridized carbons (Fsp3) is 0.250. The maximum Gasteiger partial charge on any atom is 0.453 e. The number of nitrogens with zero attached hydrogens (tertiary/aromatic N) is 3. The quantitative estimate of drug-likeness (QED) is 0.911. The Bertz CT molecular complexity index is 650. The number of amides is 1. The van der Waals surface area contributed by atoms with E-state index in [1.54, 1.807) is 24.3 Å². The summed E-state index contributed by atoms with van der Waals surface area (Å²) in [6.07, 6.45) is -5.75. The van der Waals surface area contributed by atoms with Crippen molar-refractivity contribution in [3.05, 3.63) is 35.7 Å². The zero-order valence-corrected chi connectivity index (χ0v) is 10.8. The minimum absolute atomic E-state index is 0.0834. The number of carboxylic acid groups (broad SMARTS) is 1. The summed E-state index contributed by atoms with van der Waals surface area (Å²) in [5.74, 6) is -1.11. The molecule has 0 aliphatic carbocycles. The molecule has 0 unspecified atom stereocenters. The molecule has 2 N–H and O–H groups in total. The molecule has 0 aliphatic rings. The van der Waals surface area contributed by atoms with Crippen LogP contribution in [0.4, 0.5) is 18.0 Å². The smallest absolute Gasteiger partial charge is 0.453 e. The van der Waals surface area contributed by atoms with E-state index in [1.807, 2.05) is 0 Å². The van der Waals surface area contributed by atoms with Crippen molar-refractivity contribution >= 4 is 6.09 Å². The Morgan fingerprint density at radius 3 is 2.43 bits per heavy atom. The maximum atomic E-state index is 12.5. The van der Waals surface area contributed by atoms with E-state index in [0.29, 0.717) is 11.1 Å². The van der Waals surface area contributed by atoms with E-state index in [4.69, 9.17) is 5.11 Å². The lowest BCUT2D eigenvalue weighted by atomic mass is 10.1. The first kappa shape index (κ1) is 14.8. The monoisotopic (exact) mass is 300 g/mol. The van der Waals surface area contributed by atoms with Gasteiger partial charge in [-0.15, -0.1) is 5.10 Å². The van der Waals surface area contributed by atoms with E-state index in [0.717, 1.165) is 4.68 Å². The van der Waals surface area contributed by atoms with Gasteiger partial charge >= 0.3 is 12.3 Å². The Hall–Kier alpha value is -2.58. The molecule has 0 saturated carbocycles. The molecule has 0 radical (unpaired) electrons. The van der Waals surface area contributed by atoms with Crippen LogP contribution < -0.4 is 5.32 Å². The predicted octanol–water partition coefficient (Wildman–Crippen LogP) is 2.27. The molecule has 0 bridgehead atoms.